The van der Waals surface area contributed by atoms with E-state index in [4.69, 9.17) is 4.99 Å². The minimum Gasteiger partial charge on any atom is -0.394 e. The van der Waals surface area contributed by atoms with Crippen LogP contribution in [-0.4, -0.2) is 17.4 Å². The van der Waals surface area contributed by atoms with Crippen molar-refractivity contribution in [2.24, 2.45) is 21.7 Å². The van der Waals surface area contributed by atoms with Crippen molar-refractivity contribution in [1.82, 2.24) is 0 Å². The first-order chi connectivity index (χ1) is 9.49. The summed E-state index contributed by atoms with van der Waals surface area (Å²) in [6.45, 7) is 7.25. The van der Waals surface area contributed by atoms with Crippen molar-refractivity contribution in [2.75, 3.05) is 6.61 Å². The molecule has 0 aromatic heterocycles. The van der Waals surface area contributed by atoms with Crippen LogP contribution in [0.5, 0.6) is 0 Å². The van der Waals surface area contributed by atoms with E-state index in [9.17, 15) is 5.11 Å². The number of fused-ring (bicyclic) bond motifs is 2. The van der Waals surface area contributed by atoms with Crippen molar-refractivity contribution < 1.29 is 5.11 Å². The van der Waals surface area contributed by atoms with Crippen molar-refractivity contribution in [2.45, 2.75) is 46.1 Å². The van der Waals surface area contributed by atoms with E-state index in [0.717, 1.165) is 17.9 Å². The molecule has 2 heteroatoms. The number of aliphatic hydroxyl groups is 1. The molecule has 0 amide bonds. The Morgan fingerprint density at radius 3 is 2.45 bits per heavy atom. The van der Waals surface area contributed by atoms with Gasteiger partial charge < -0.3 is 5.11 Å². The summed E-state index contributed by atoms with van der Waals surface area (Å²) in [4.78, 5) is 4.98. The first-order valence-electron chi connectivity index (χ1n) is 7.72. The zero-order chi connectivity index (χ0) is 14.4. The lowest BCUT2D eigenvalue weighted by molar-refractivity contribution is 0.193. The number of aliphatic imine (C=N–C) groups is 1. The Morgan fingerprint density at radius 1 is 1.25 bits per heavy atom. The predicted molar refractivity (Wildman–Crippen MR) is 82.9 cm³/mol. The van der Waals surface area contributed by atoms with Crippen LogP contribution < -0.4 is 0 Å². The summed E-state index contributed by atoms with van der Waals surface area (Å²) in [5.41, 5.74) is 3.02. The second kappa shape index (κ2) is 4.70. The van der Waals surface area contributed by atoms with Crippen molar-refractivity contribution in [3.05, 3.63) is 35.9 Å². The lowest BCUT2D eigenvalue weighted by atomic mass is 9.70. The van der Waals surface area contributed by atoms with Crippen LogP contribution in [0.25, 0.3) is 0 Å². The number of rotatable bonds is 3. The van der Waals surface area contributed by atoms with Gasteiger partial charge in [-0.3, -0.25) is 4.99 Å². The third kappa shape index (κ3) is 1.85. The predicted octanol–water partition coefficient (Wildman–Crippen LogP) is 4.01. The average Bonchev–Trinajstić information content (AvgIpc) is 2.78. The first-order valence-corrected chi connectivity index (χ1v) is 7.72. The molecule has 2 bridgehead atoms. The molecule has 2 aliphatic carbocycles. The average molecular weight is 271 g/mol. The molecule has 1 aromatic rings. The molecular formula is C18H25NO. The number of nitrogens with zero attached hydrogens (tertiary/aromatic N) is 1. The minimum absolute atomic E-state index is 0.0920. The largest absolute Gasteiger partial charge is 0.394 e. The summed E-state index contributed by atoms with van der Waals surface area (Å²) >= 11 is 0. The Hall–Kier alpha value is -1.15. The van der Waals surface area contributed by atoms with Crippen LogP contribution in [0.2, 0.25) is 0 Å². The quantitative estimate of drug-likeness (QED) is 0.885. The highest BCUT2D eigenvalue weighted by Crippen LogP contribution is 2.64. The van der Waals surface area contributed by atoms with Crippen LogP contribution in [0, 0.1) is 16.7 Å². The third-order valence-corrected chi connectivity index (χ3v) is 6.18. The summed E-state index contributed by atoms with van der Waals surface area (Å²) in [5.74, 6) is 0.765. The molecule has 1 N–H and O–H groups in total. The number of hydrogen-bond acceptors (Lipinski definition) is 2. The fourth-order valence-electron chi connectivity index (χ4n) is 4.21. The van der Waals surface area contributed by atoms with E-state index < -0.39 is 0 Å². The summed E-state index contributed by atoms with van der Waals surface area (Å²) in [6, 6.07) is 10.1. The smallest absolute Gasteiger partial charge is 0.0979 e. The monoisotopic (exact) mass is 271 g/mol. The molecule has 0 radical (unpaired) electrons. The van der Waals surface area contributed by atoms with Crippen LogP contribution in [0.1, 0.15) is 51.6 Å². The highest BCUT2D eigenvalue weighted by atomic mass is 16.3. The molecule has 0 saturated heterocycles. The van der Waals surface area contributed by atoms with Gasteiger partial charge in [0.1, 0.15) is 0 Å². The summed E-state index contributed by atoms with van der Waals surface area (Å²) in [5, 5.41) is 9.72. The second-order valence-corrected chi connectivity index (χ2v) is 7.18. The van der Waals surface area contributed by atoms with Gasteiger partial charge in [0.2, 0.25) is 0 Å². The molecule has 0 spiro atoms. The van der Waals surface area contributed by atoms with E-state index in [2.05, 4.69) is 32.9 Å². The molecule has 0 unspecified atom stereocenters. The van der Waals surface area contributed by atoms with Crippen molar-refractivity contribution >= 4 is 5.71 Å². The van der Waals surface area contributed by atoms with Crippen LogP contribution >= 0.6 is 0 Å². The van der Waals surface area contributed by atoms with Gasteiger partial charge in [0.15, 0.2) is 0 Å². The lowest BCUT2D eigenvalue weighted by Gasteiger charge is -2.35. The Labute approximate surface area is 121 Å². The number of hydrogen-bond donors (Lipinski definition) is 1. The Balaban J connectivity index is 1.93. The highest BCUT2D eigenvalue weighted by Gasteiger charge is 2.59. The molecule has 20 heavy (non-hydrogen) atoms. The maximum Gasteiger partial charge on any atom is 0.0979 e. The summed E-state index contributed by atoms with van der Waals surface area (Å²) in [7, 11) is 0. The van der Waals surface area contributed by atoms with Crippen molar-refractivity contribution in [3.8, 4) is 0 Å². The van der Waals surface area contributed by atoms with Gasteiger partial charge in [0.25, 0.3) is 0 Å². The van der Waals surface area contributed by atoms with E-state index in [1.165, 1.54) is 18.6 Å². The zero-order valence-electron chi connectivity index (χ0n) is 12.8. The molecule has 3 rings (SSSR count). The highest BCUT2D eigenvalue weighted by molar-refractivity contribution is 5.94. The summed E-state index contributed by atoms with van der Waals surface area (Å²) < 4.78 is 0. The molecule has 2 saturated carbocycles. The van der Waals surface area contributed by atoms with E-state index in [-0.39, 0.29) is 18.1 Å². The van der Waals surface area contributed by atoms with Crippen LogP contribution in [-0.2, 0) is 0 Å². The molecule has 108 valence electrons. The van der Waals surface area contributed by atoms with Gasteiger partial charge in [0.05, 0.1) is 12.6 Å². The number of aliphatic hydroxyl groups excluding tert-OH is 1. The molecule has 2 aliphatic rings. The molecule has 2 fully saturated rings. The van der Waals surface area contributed by atoms with Crippen molar-refractivity contribution in [3.63, 3.8) is 0 Å². The van der Waals surface area contributed by atoms with Gasteiger partial charge in [-0.05, 0) is 36.2 Å². The summed E-state index contributed by atoms with van der Waals surface area (Å²) in [6.07, 6.45) is 3.70. The van der Waals surface area contributed by atoms with Crippen LogP contribution in [0.4, 0.5) is 0 Å². The molecule has 2 nitrogen and oxygen atoms in total. The fraction of sp³-hybridized carbons (Fsp3) is 0.611. The van der Waals surface area contributed by atoms with E-state index in [1.807, 2.05) is 18.2 Å². The standard InChI is InChI=1S/C18H25NO/c1-17(2)14-9-10-18(17,3)16(11-14)19-15(12-20)13-7-5-4-6-8-13/h4-8,14-15,20H,9-12H2,1-3H3/t14-,15+,18+/m1/s1. The van der Waals surface area contributed by atoms with Crippen molar-refractivity contribution in [1.29, 1.82) is 0 Å². The van der Waals surface area contributed by atoms with Crippen LogP contribution in [0.3, 0.4) is 0 Å². The molecule has 1 aromatic carbocycles. The van der Waals surface area contributed by atoms with Crippen LogP contribution in [0.15, 0.2) is 35.3 Å². The fourth-order valence-corrected chi connectivity index (χ4v) is 4.21. The molecule has 0 aliphatic heterocycles. The third-order valence-electron chi connectivity index (χ3n) is 6.18. The minimum atomic E-state index is -0.0989. The van der Waals surface area contributed by atoms with E-state index in [0.29, 0.717) is 5.41 Å². The SMILES string of the molecule is CC1(C)[C@@H]2CC[C@@]1(C)C(=N[C@@H](CO)c1ccccc1)C2. The van der Waals surface area contributed by atoms with E-state index in [1.54, 1.807) is 0 Å². The Bertz CT molecular complexity index is 519. The molecular weight excluding hydrogens is 246 g/mol. The molecule has 3 atom stereocenters. The number of benzene rings is 1. The Morgan fingerprint density at radius 2 is 1.95 bits per heavy atom. The zero-order valence-corrected chi connectivity index (χ0v) is 12.8. The topological polar surface area (TPSA) is 32.6 Å². The van der Waals surface area contributed by atoms with Gasteiger partial charge in [0, 0.05) is 11.1 Å². The maximum absolute atomic E-state index is 9.72. The van der Waals surface area contributed by atoms with E-state index >= 15 is 0 Å². The second-order valence-electron chi connectivity index (χ2n) is 7.18. The lowest BCUT2D eigenvalue weighted by Crippen LogP contribution is -2.33. The van der Waals surface area contributed by atoms with Gasteiger partial charge >= 0.3 is 0 Å². The van der Waals surface area contributed by atoms with Gasteiger partial charge in [-0.2, -0.15) is 0 Å². The van der Waals surface area contributed by atoms with Gasteiger partial charge in [-0.1, -0.05) is 51.1 Å². The molecule has 0 heterocycles. The Kier molecular flexibility index (Phi) is 3.24. The normalized spacial score (nSPS) is 34.6. The first kappa shape index (κ1) is 13.8. The van der Waals surface area contributed by atoms with Gasteiger partial charge in [-0.15, -0.1) is 0 Å². The maximum atomic E-state index is 9.72. The van der Waals surface area contributed by atoms with Gasteiger partial charge in [-0.25, -0.2) is 0 Å².